The van der Waals surface area contributed by atoms with Crippen molar-refractivity contribution in [2.24, 2.45) is 5.92 Å². The summed E-state index contributed by atoms with van der Waals surface area (Å²) in [4.78, 5) is 30.3. The molecular formula is C33H42ClN3O7S. The Hall–Kier alpha value is -3.38. The van der Waals surface area contributed by atoms with E-state index in [4.69, 9.17) is 25.6 Å². The Morgan fingerprint density at radius 2 is 1.64 bits per heavy atom. The average Bonchev–Trinajstić information content (AvgIpc) is 3.34. The molecule has 0 spiro atoms. The molecule has 2 aromatic carbocycles. The number of aromatic amines is 1. The number of nitrogens with zero attached hydrogens (tertiary/aromatic N) is 1. The van der Waals surface area contributed by atoms with E-state index in [-0.39, 0.29) is 28.8 Å². The van der Waals surface area contributed by atoms with Crippen LogP contribution in [0, 0.1) is 33.6 Å². The van der Waals surface area contributed by atoms with Crippen molar-refractivity contribution in [2.75, 3.05) is 14.1 Å². The maximum absolute atomic E-state index is 13.1. The van der Waals surface area contributed by atoms with Crippen LogP contribution in [0.1, 0.15) is 70.9 Å². The van der Waals surface area contributed by atoms with Gasteiger partial charge in [0.1, 0.15) is 0 Å². The summed E-state index contributed by atoms with van der Waals surface area (Å²) in [5.41, 5.74) is 4.00. The van der Waals surface area contributed by atoms with Gasteiger partial charge < -0.3 is 24.7 Å². The number of hydrogen-bond acceptors (Lipinski definition) is 7. The lowest BCUT2D eigenvalue weighted by Crippen LogP contribution is -2.46. The molecular weight excluding hydrogens is 618 g/mol. The third-order valence-corrected chi connectivity index (χ3v) is 9.85. The van der Waals surface area contributed by atoms with E-state index < -0.39 is 15.9 Å². The second kappa shape index (κ2) is 13.5. The van der Waals surface area contributed by atoms with Crippen LogP contribution in [0.3, 0.4) is 0 Å². The third kappa shape index (κ3) is 7.89. The van der Waals surface area contributed by atoms with Gasteiger partial charge in [0.15, 0.2) is 11.5 Å². The minimum atomic E-state index is -4.02. The summed E-state index contributed by atoms with van der Waals surface area (Å²) in [6.07, 6.45) is 4.19. The highest BCUT2D eigenvalue weighted by atomic mass is 35.5. The number of benzene rings is 2. The highest BCUT2D eigenvalue weighted by molar-refractivity contribution is 7.85. The number of carbonyl (C=O) groups excluding carboxylic acids is 1. The predicted molar refractivity (Wildman–Crippen MR) is 174 cm³/mol. The van der Waals surface area contributed by atoms with Crippen LogP contribution >= 0.6 is 11.6 Å². The van der Waals surface area contributed by atoms with Gasteiger partial charge in [0.25, 0.3) is 27.4 Å². The number of ether oxygens (including phenoxy) is 2. The van der Waals surface area contributed by atoms with Crippen molar-refractivity contribution in [3.63, 3.8) is 0 Å². The Balaban J connectivity index is 0.000000354. The molecule has 244 valence electrons. The fourth-order valence-electron chi connectivity index (χ4n) is 5.94. The summed E-state index contributed by atoms with van der Waals surface area (Å²) in [5, 5.41) is 3.20. The number of aromatic nitrogens is 1. The SMILES string of the molecule is Cc1cc(C)c(CNC(=O)c2cc(Cl)c3c(c2C)OC(C)(C2CCC(N(C)C)CC2)O3)c(=O)[nH]1.Cc1ccc(S(=O)(=O)O)cc1. The van der Waals surface area contributed by atoms with Crippen molar-refractivity contribution < 1.29 is 27.2 Å². The quantitative estimate of drug-likeness (QED) is 0.285. The maximum atomic E-state index is 13.1. The molecule has 45 heavy (non-hydrogen) atoms. The second-order valence-corrected chi connectivity index (χ2v) is 14.1. The molecule has 1 unspecified atom stereocenters. The molecule has 1 aliphatic heterocycles. The number of fused-ring (bicyclic) bond motifs is 1. The second-order valence-electron chi connectivity index (χ2n) is 12.3. The van der Waals surface area contributed by atoms with Gasteiger partial charge in [-0.15, -0.1) is 0 Å². The number of amides is 1. The number of H-pyrrole nitrogens is 1. The molecule has 1 aromatic heterocycles. The molecule has 3 N–H and O–H groups in total. The van der Waals surface area contributed by atoms with E-state index in [2.05, 4.69) is 29.3 Å². The number of pyridine rings is 1. The number of rotatable bonds is 6. The van der Waals surface area contributed by atoms with Crippen molar-refractivity contribution in [1.82, 2.24) is 15.2 Å². The van der Waals surface area contributed by atoms with E-state index in [0.29, 0.717) is 39.3 Å². The Labute approximate surface area is 269 Å². The number of halogens is 1. The molecule has 5 rings (SSSR count). The zero-order valence-corrected chi connectivity index (χ0v) is 28.4. The first-order valence-corrected chi connectivity index (χ1v) is 16.7. The Bertz CT molecular complexity index is 1730. The molecule has 1 saturated carbocycles. The molecule has 10 nitrogen and oxygen atoms in total. The monoisotopic (exact) mass is 659 g/mol. The number of aryl methyl sites for hydroxylation is 3. The molecule has 1 atom stereocenters. The smallest absolute Gasteiger partial charge is 0.294 e. The van der Waals surface area contributed by atoms with Gasteiger partial charge in [0.2, 0.25) is 0 Å². The first-order valence-electron chi connectivity index (χ1n) is 14.9. The minimum absolute atomic E-state index is 0.0666. The van der Waals surface area contributed by atoms with Gasteiger partial charge in [-0.25, -0.2) is 0 Å². The molecule has 2 aliphatic rings. The zero-order chi connectivity index (χ0) is 33.3. The Kier molecular flexibility index (Phi) is 10.4. The molecule has 0 bridgehead atoms. The lowest BCUT2D eigenvalue weighted by atomic mass is 9.81. The fraction of sp³-hybridized carbons (Fsp3) is 0.455. The van der Waals surface area contributed by atoms with Crippen LogP contribution in [-0.4, -0.2) is 54.7 Å². The van der Waals surface area contributed by atoms with Crippen LogP contribution < -0.4 is 20.3 Å². The highest BCUT2D eigenvalue weighted by Gasteiger charge is 2.47. The Morgan fingerprint density at radius 1 is 1.04 bits per heavy atom. The molecule has 12 heteroatoms. The predicted octanol–water partition coefficient (Wildman–Crippen LogP) is 5.73. The minimum Gasteiger partial charge on any atom is -0.448 e. The Morgan fingerprint density at radius 3 is 2.20 bits per heavy atom. The third-order valence-electron chi connectivity index (χ3n) is 8.70. The summed E-state index contributed by atoms with van der Waals surface area (Å²) in [6.45, 7) is 9.46. The lowest BCUT2D eigenvalue weighted by Gasteiger charge is -2.39. The lowest BCUT2D eigenvalue weighted by molar-refractivity contribution is -0.123. The van der Waals surface area contributed by atoms with E-state index in [1.165, 1.54) is 12.1 Å². The maximum Gasteiger partial charge on any atom is 0.294 e. The van der Waals surface area contributed by atoms with Crippen LogP contribution in [-0.2, 0) is 16.7 Å². The highest BCUT2D eigenvalue weighted by Crippen LogP contribution is 2.51. The molecule has 3 aromatic rings. The first-order chi connectivity index (χ1) is 21.0. The first kappa shape index (κ1) is 34.5. The summed E-state index contributed by atoms with van der Waals surface area (Å²) in [7, 11) is 0.225. The molecule has 0 saturated heterocycles. The van der Waals surface area contributed by atoms with Crippen molar-refractivity contribution in [3.05, 3.63) is 85.3 Å². The van der Waals surface area contributed by atoms with Gasteiger partial charge in [-0.2, -0.15) is 8.42 Å². The number of nitrogens with one attached hydrogen (secondary N) is 2. The number of carbonyl (C=O) groups is 1. The summed E-state index contributed by atoms with van der Waals surface area (Å²) >= 11 is 6.56. The van der Waals surface area contributed by atoms with Gasteiger partial charge >= 0.3 is 0 Å². The molecule has 2 heterocycles. The molecule has 1 aliphatic carbocycles. The fourth-order valence-corrected chi connectivity index (χ4v) is 6.65. The summed E-state index contributed by atoms with van der Waals surface area (Å²) in [5.74, 6) is 0.137. The van der Waals surface area contributed by atoms with Gasteiger partial charge in [0, 0.05) is 47.8 Å². The van der Waals surface area contributed by atoms with Crippen molar-refractivity contribution >= 4 is 27.6 Å². The van der Waals surface area contributed by atoms with Crippen molar-refractivity contribution in [1.29, 1.82) is 0 Å². The van der Waals surface area contributed by atoms with E-state index in [1.54, 1.807) is 18.2 Å². The van der Waals surface area contributed by atoms with E-state index in [9.17, 15) is 18.0 Å². The topological polar surface area (TPSA) is 138 Å². The van der Waals surface area contributed by atoms with E-state index in [0.717, 1.165) is 42.5 Å². The molecule has 1 amide bonds. The van der Waals surface area contributed by atoms with Crippen LogP contribution in [0.2, 0.25) is 5.02 Å². The van der Waals surface area contributed by atoms with Crippen LogP contribution in [0.25, 0.3) is 0 Å². The average molecular weight is 660 g/mol. The van der Waals surface area contributed by atoms with Crippen molar-refractivity contribution in [2.45, 2.75) is 83.6 Å². The standard InChI is InChI=1S/C26H34ClN3O4.C7H8O3S/c1-14-11-15(2)29-25(32)20(14)13-28-24(31)19-12-21(27)23-22(16(19)3)33-26(4,34-23)17-7-9-18(10-8-17)30(5)6;1-6-2-4-7(5-3-6)11(8,9)10/h11-12,17-18H,7-10,13H2,1-6H3,(H,28,31)(H,29,32);2-5H,1H3,(H,8,9,10). The largest absolute Gasteiger partial charge is 0.448 e. The van der Waals surface area contributed by atoms with Crippen LogP contribution in [0.4, 0.5) is 0 Å². The number of hydrogen-bond donors (Lipinski definition) is 3. The molecule has 1 fully saturated rings. The van der Waals surface area contributed by atoms with Gasteiger partial charge in [0.05, 0.1) is 9.92 Å². The van der Waals surface area contributed by atoms with E-state index in [1.807, 2.05) is 40.7 Å². The van der Waals surface area contributed by atoms with Gasteiger partial charge in [-0.1, -0.05) is 29.3 Å². The normalized spacial score (nSPS) is 20.8. The summed E-state index contributed by atoms with van der Waals surface area (Å²) < 4.78 is 42.2. The molecule has 0 radical (unpaired) electrons. The van der Waals surface area contributed by atoms with Crippen LogP contribution in [0.15, 0.2) is 46.1 Å². The summed E-state index contributed by atoms with van der Waals surface area (Å²) in [6, 6.07) is 10.1. The zero-order valence-electron chi connectivity index (χ0n) is 26.8. The van der Waals surface area contributed by atoms with Gasteiger partial charge in [-0.05, 0) is 97.3 Å². The van der Waals surface area contributed by atoms with Crippen LogP contribution in [0.5, 0.6) is 11.5 Å². The van der Waals surface area contributed by atoms with E-state index >= 15 is 0 Å². The van der Waals surface area contributed by atoms with Gasteiger partial charge in [-0.3, -0.25) is 14.1 Å². The van der Waals surface area contributed by atoms with Crippen molar-refractivity contribution in [3.8, 4) is 11.5 Å².